The van der Waals surface area contributed by atoms with Gasteiger partial charge in [-0.2, -0.15) is 13.2 Å². The summed E-state index contributed by atoms with van der Waals surface area (Å²) in [4.78, 5) is 12.0. The number of nitrogens with one attached hydrogen (secondary N) is 1. The summed E-state index contributed by atoms with van der Waals surface area (Å²) < 4.78 is 54.5. The minimum Gasteiger partial charge on any atom is -0.385 e. The summed E-state index contributed by atoms with van der Waals surface area (Å²) in [6.07, 6.45) is -5.85. The lowest BCUT2D eigenvalue weighted by atomic mass is 10.0. The van der Waals surface area contributed by atoms with Crippen LogP contribution in [0, 0.1) is 5.82 Å². The molecule has 0 fully saturated rings. The number of halogens is 4. The minimum absolute atomic E-state index is 0.0828. The molecule has 0 aliphatic carbocycles. The molecule has 0 aliphatic rings. The second-order valence-electron chi connectivity index (χ2n) is 4.75. The van der Waals surface area contributed by atoms with Gasteiger partial charge in [-0.15, -0.1) is 0 Å². The maximum atomic E-state index is 13.0. The molecule has 2 N–H and O–H groups in total. The fraction of sp³-hybridized carbons (Fsp3) is 0.286. The van der Waals surface area contributed by atoms with Gasteiger partial charge in [-0.1, -0.05) is 5.16 Å². The molecule has 5 nitrogen and oxygen atoms in total. The number of carbonyl (C=O) groups is 1. The van der Waals surface area contributed by atoms with Crippen molar-refractivity contribution >= 4 is 5.91 Å². The zero-order chi connectivity index (χ0) is 17.2. The molecule has 9 heteroatoms. The molecule has 0 radical (unpaired) electrons. The van der Waals surface area contributed by atoms with Gasteiger partial charge >= 0.3 is 6.18 Å². The Bertz CT molecular complexity index is 693. The van der Waals surface area contributed by atoms with Gasteiger partial charge in [0.2, 0.25) is 0 Å². The molecule has 1 heterocycles. The van der Waals surface area contributed by atoms with Crippen molar-refractivity contribution in [1.29, 1.82) is 0 Å². The second kappa shape index (κ2) is 6.37. The number of rotatable bonds is 4. The van der Waals surface area contributed by atoms with E-state index in [9.17, 15) is 27.5 Å². The Hall–Kier alpha value is -2.42. The first kappa shape index (κ1) is 16.9. The van der Waals surface area contributed by atoms with E-state index in [-0.39, 0.29) is 22.6 Å². The Labute approximate surface area is 127 Å². The van der Waals surface area contributed by atoms with E-state index in [1.54, 1.807) is 5.32 Å². The molecule has 1 aromatic carbocycles. The van der Waals surface area contributed by atoms with Crippen molar-refractivity contribution in [2.75, 3.05) is 6.54 Å². The summed E-state index contributed by atoms with van der Waals surface area (Å²) in [6, 6.07) is 4.78. The van der Waals surface area contributed by atoms with Crippen molar-refractivity contribution in [2.24, 2.45) is 0 Å². The van der Waals surface area contributed by atoms with Crippen molar-refractivity contribution in [3.05, 3.63) is 41.4 Å². The summed E-state index contributed by atoms with van der Waals surface area (Å²) in [5, 5.41) is 14.9. The average Bonchev–Trinajstić information content (AvgIpc) is 2.90. The molecule has 0 bridgehead atoms. The normalized spacial score (nSPS) is 13.0. The van der Waals surface area contributed by atoms with E-state index in [4.69, 9.17) is 4.52 Å². The quantitative estimate of drug-likeness (QED) is 0.844. The maximum absolute atomic E-state index is 13.0. The highest BCUT2D eigenvalue weighted by molar-refractivity contribution is 6.01. The molecular weight excluding hydrogens is 320 g/mol. The van der Waals surface area contributed by atoms with E-state index in [1.807, 2.05) is 0 Å². The van der Waals surface area contributed by atoms with Crippen LogP contribution >= 0.6 is 0 Å². The third-order valence-corrected chi connectivity index (χ3v) is 2.89. The van der Waals surface area contributed by atoms with Gasteiger partial charge in [-0.3, -0.25) is 4.79 Å². The first-order valence-electron chi connectivity index (χ1n) is 6.47. The number of hydrogen-bond donors (Lipinski definition) is 2. The third-order valence-electron chi connectivity index (χ3n) is 2.89. The fourth-order valence-corrected chi connectivity index (χ4v) is 1.88. The molecule has 1 unspecified atom stereocenters. The number of aromatic nitrogens is 1. The highest BCUT2D eigenvalue weighted by atomic mass is 19.4. The summed E-state index contributed by atoms with van der Waals surface area (Å²) >= 11 is 0. The fourth-order valence-electron chi connectivity index (χ4n) is 1.88. The number of aliphatic hydroxyl groups is 1. The topological polar surface area (TPSA) is 75.4 Å². The second-order valence-corrected chi connectivity index (χ2v) is 4.75. The number of benzene rings is 1. The van der Waals surface area contributed by atoms with Gasteiger partial charge in [0.25, 0.3) is 5.91 Å². The van der Waals surface area contributed by atoms with Gasteiger partial charge in [0, 0.05) is 5.56 Å². The van der Waals surface area contributed by atoms with Crippen LogP contribution in [0.25, 0.3) is 11.3 Å². The Morgan fingerprint density at radius 3 is 2.48 bits per heavy atom. The lowest BCUT2D eigenvalue weighted by Gasteiger charge is -2.10. The molecule has 1 amide bonds. The molecular formula is C14H12F4N2O3. The third kappa shape index (κ3) is 4.07. The number of carbonyl (C=O) groups excluding carboxylic acids is 1. The van der Waals surface area contributed by atoms with Crippen LogP contribution in [-0.4, -0.2) is 28.9 Å². The van der Waals surface area contributed by atoms with Crippen molar-refractivity contribution in [3.63, 3.8) is 0 Å². The van der Waals surface area contributed by atoms with Crippen molar-refractivity contribution in [2.45, 2.75) is 19.2 Å². The molecule has 2 rings (SSSR count). The van der Waals surface area contributed by atoms with Crippen LogP contribution in [-0.2, 0) is 0 Å². The molecule has 0 saturated carbocycles. The van der Waals surface area contributed by atoms with Crippen LogP contribution in [0.5, 0.6) is 0 Å². The summed E-state index contributed by atoms with van der Waals surface area (Å²) in [5.74, 6) is -1.90. The monoisotopic (exact) mass is 332 g/mol. The number of amides is 1. The molecule has 2 aromatic rings. The first-order valence-corrected chi connectivity index (χ1v) is 6.47. The minimum atomic E-state index is -4.59. The predicted molar refractivity (Wildman–Crippen MR) is 70.9 cm³/mol. The van der Waals surface area contributed by atoms with Crippen LogP contribution in [0.3, 0.4) is 0 Å². The molecule has 124 valence electrons. The van der Waals surface area contributed by atoms with E-state index in [2.05, 4.69) is 5.16 Å². The number of nitrogens with zero attached hydrogens (tertiary/aromatic N) is 1. The standard InChI is InChI=1S/C14H12F4N2O3/c1-7(21)12-10(13(22)19-6-14(16,17)18)11(20-23-12)8-2-4-9(15)5-3-8/h2-5,7,21H,6H2,1H3,(H,19,22). The lowest BCUT2D eigenvalue weighted by Crippen LogP contribution is -2.34. The van der Waals surface area contributed by atoms with Gasteiger partial charge < -0.3 is 14.9 Å². The Kier molecular flexibility index (Phi) is 4.69. The average molecular weight is 332 g/mol. The highest BCUT2D eigenvalue weighted by Gasteiger charge is 2.31. The highest BCUT2D eigenvalue weighted by Crippen LogP contribution is 2.29. The van der Waals surface area contributed by atoms with E-state index in [0.717, 1.165) is 12.1 Å². The van der Waals surface area contributed by atoms with E-state index in [1.165, 1.54) is 19.1 Å². The van der Waals surface area contributed by atoms with Crippen LogP contribution in [0.4, 0.5) is 17.6 Å². The van der Waals surface area contributed by atoms with E-state index in [0.29, 0.717) is 0 Å². The Morgan fingerprint density at radius 2 is 1.96 bits per heavy atom. The number of hydrogen-bond acceptors (Lipinski definition) is 4. The van der Waals surface area contributed by atoms with Crippen molar-refractivity contribution in [1.82, 2.24) is 10.5 Å². The largest absolute Gasteiger partial charge is 0.405 e. The SMILES string of the molecule is CC(O)c1onc(-c2ccc(F)cc2)c1C(=O)NCC(F)(F)F. The summed E-state index contributed by atoms with van der Waals surface area (Å²) in [7, 11) is 0. The molecule has 0 saturated heterocycles. The van der Waals surface area contributed by atoms with Gasteiger partial charge in [0.1, 0.15) is 29.7 Å². The molecule has 1 atom stereocenters. The molecule has 1 aromatic heterocycles. The summed E-state index contributed by atoms with van der Waals surface area (Å²) in [5.41, 5.74) is -0.143. The van der Waals surface area contributed by atoms with Gasteiger partial charge in [0.15, 0.2) is 5.76 Å². The molecule has 23 heavy (non-hydrogen) atoms. The van der Waals surface area contributed by atoms with Crippen molar-refractivity contribution < 1.29 is 32.0 Å². The lowest BCUT2D eigenvalue weighted by molar-refractivity contribution is -0.123. The number of alkyl halides is 3. The van der Waals surface area contributed by atoms with Gasteiger partial charge in [-0.25, -0.2) is 4.39 Å². The van der Waals surface area contributed by atoms with E-state index >= 15 is 0 Å². The van der Waals surface area contributed by atoms with Crippen molar-refractivity contribution in [3.8, 4) is 11.3 Å². The van der Waals surface area contributed by atoms with Crippen LogP contribution in [0.2, 0.25) is 0 Å². The van der Waals surface area contributed by atoms with Gasteiger partial charge in [0.05, 0.1) is 0 Å². The predicted octanol–water partition coefficient (Wildman–Crippen LogP) is 2.83. The van der Waals surface area contributed by atoms with E-state index < -0.39 is 30.5 Å². The van der Waals surface area contributed by atoms with Crippen LogP contribution in [0.15, 0.2) is 28.8 Å². The Balaban J connectivity index is 2.41. The molecule has 0 spiro atoms. The number of aliphatic hydroxyl groups excluding tert-OH is 1. The van der Waals surface area contributed by atoms with Crippen LogP contribution in [0.1, 0.15) is 29.1 Å². The Morgan fingerprint density at radius 1 is 1.35 bits per heavy atom. The smallest absolute Gasteiger partial charge is 0.385 e. The maximum Gasteiger partial charge on any atom is 0.405 e. The summed E-state index contributed by atoms with van der Waals surface area (Å²) in [6.45, 7) is -0.269. The van der Waals surface area contributed by atoms with Crippen LogP contribution < -0.4 is 5.32 Å². The van der Waals surface area contributed by atoms with Gasteiger partial charge in [-0.05, 0) is 31.2 Å². The molecule has 0 aliphatic heterocycles. The first-order chi connectivity index (χ1) is 10.7. The zero-order valence-electron chi connectivity index (χ0n) is 11.8. The zero-order valence-corrected chi connectivity index (χ0v) is 11.8.